The molecule has 2 aromatic rings. The molecule has 1 N–H and O–H groups in total. The van der Waals surface area contributed by atoms with Crippen LogP contribution in [0.3, 0.4) is 0 Å². The maximum Gasteiger partial charge on any atom is 0.251 e. The highest BCUT2D eigenvalue weighted by atomic mass is 16.1. The Morgan fingerprint density at radius 1 is 1.04 bits per heavy atom. The van der Waals surface area contributed by atoms with Crippen molar-refractivity contribution in [2.75, 3.05) is 44.2 Å². The van der Waals surface area contributed by atoms with E-state index in [1.807, 2.05) is 18.2 Å². The summed E-state index contributed by atoms with van der Waals surface area (Å²) in [5, 5.41) is 4.03. The molecular weight excluding hydrogens is 326 g/mol. The average Bonchev–Trinajstić information content (AvgIpc) is 3.38. The Hall–Kier alpha value is -2.21. The molecule has 0 spiro atoms. The molecule has 2 fully saturated rings. The molecule has 3 heterocycles. The van der Waals surface area contributed by atoms with Gasteiger partial charge in [0.25, 0.3) is 5.91 Å². The number of anilines is 1. The number of rotatable bonds is 6. The maximum atomic E-state index is 12.5. The number of likely N-dealkylation sites (tertiary alicyclic amines) is 1. The van der Waals surface area contributed by atoms with Crippen molar-refractivity contribution >= 4 is 22.6 Å². The number of aromatic nitrogens is 2. The minimum absolute atomic E-state index is 0.00968. The van der Waals surface area contributed by atoms with Gasteiger partial charge in [0.15, 0.2) is 0 Å². The third-order valence-corrected chi connectivity index (χ3v) is 5.42. The number of carbonyl (C=O) groups is 1. The van der Waals surface area contributed by atoms with Crippen LogP contribution in [-0.4, -0.2) is 60.0 Å². The zero-order chi connectivity index (χ0) is 17.8. The van der Waals surface area contributed by atoms with Crippen molar-refractivity contribution in [1.82, 2.24) is 20.2 Å². The molecule has 0 saturated carbocycles. The molecule has 6 heteroatoms. The predicted molar refractivity (Wildman–Crippen MR) is 104 cm³/mol. The smallest absolute Gasteiger partial charge is 0.251 e. The van der Waals surface area contributed by atoms with Gasteiger partial charge >= 0.3 is 0 Å². The first-order valence-corrected chi connectivity index (χ1v) is 9.81. The number of hydrogen-bond donors (Lipinski definition) is 1. The van der Waals surface area contributed by atoms with Gasteiger partial charge in [0.1, 0.15) is 12.1 Å². The zero-order valence-electron chi connectivity index (χ0n) is 15.3. The van der Waals surface area contributed by atoms with Crippen molar-refractivity contribution in [1.29, 1.82) is 0 Å². The van der Waals surface area contributed by atoms with Crippen LogP contribution >= 0.6 is 0 Å². The van der Waals surface area contributed by atoms with Crippen LogP contribution in [0.1, 0.15) is 42.5 Å². The van der Waals surface area contributed by atoms with Gasteiger partial charge in [-0.05, 0) is 69.9 Å². The molecular formula is C20H27N5O. The number of hydrogen-bond acceptors (Lipinski definition) is 5. The highest BCUT2D eigenvalue weighted by Crippen LogP contribution is 2.26. The highest BCUT2D eigenvalue weighted by Gasteiger charge is 2.18. The van der Waals surface area contributed by atoms with E-state index in [0.29, 0.717) is 5.56 Å². The van der Waals surface area contributed by atoms with Gasteiger partial charge < -0.3 is 15.1 Å². The first-order chi connectivity index (χ1) is 12.8. The SMILES string of the molecule is O=C(NCCCN1CCCC1)c1ccc2ncnc(N3CCCC3)c2c1. The highest BCUT2D eigenvalue weighted by molar-refractivity contribution is 6.00. The second kappa shape index (κ2) is 7.99. The van der Waals surface area contributed by atoms with Crippen LogP contribution in [0.25, 0.3) is 10.9 Å². The Balaban J connectivity index is 1.42. The second-order valence-electron chi connectivity index (χ2n) is 7.28. The standard InChI is InChI=1S/C20H27N5O/c26-20(21-8-5-11-24-9-1-2-10-24)16-6-7-18-17(14-16)19(23-15-22-18)25-12-3-4-13-25/h6-7,14-15H,1-5,8-13H2,(H,21,26). The van der Waals surface area contributed by atoms with Gasteiger partial charge in [0.05, 0.1) is 5.52 Å². The fourth-order valence-corrected chi connectivity index (χ4v) is 3.98. The molecule has 1 aromatic heterocycles. The maximum absolute atomic E-state index is 12.5. The quantitative estimate of drug-likeness (QED) is 0.808. The second-order valence-corrected chi connectivity index (χ2v) is 7.28. The number of nitrogens with zero attached hydrogens (tertiary/aromatic N) is 4. The Morgan fingerprint density at radius 2 is 1.81 bits per heavy atom. The van der Waals surface area contributed by atoms with Crippen LogP contribution in [0.2, 0.25) is 0 Å². The molecule has 0 atom stereocenters. The summed E-state index contributed by atoms with van der Waals surface area (Å²) in [6.45, 7) is 6.26. The molecule has 26 heavy (non-hydrogen) atoms. The Bertz CT molecular complexity index is 766. The van der Waals surface area contributed by atoms with Crippen molar-refractivity contribution < 1.29 is 4.79 Å². The van der Waals surface area contributed by atoms with E-state index in [4.69, 9.17) is 0 Å². The summed E-state index contributed by atoms with van der Waals surface area (Å²) in [5.41, 5.74) is 1.58. The lowest BCUT2D eigenvalue weighted by Crippen LogP contribution is -2.28. The number of carbonyl (C=O) groups excluding carboxylic acids is 1. The van der Waals surface area contributed by atoms with E-state index in [1.165, 1.54) is 38.8 Å². The summed E-state index contributed by atoms with van der Waals surface area (Å²) in [7, 11) is 0. The fraction of sp³-hybridized carbons (Fsp3) is 0.550. The van der Waals surface area contributed by atoms with Crippen LogP contribution in [0.15, 0.2) is 24.5 Å². The topological polar surface area (TPSA) is 61.4 Å². The summed E-state index contributed by atoms with van der Waals surface area (Å²) < 4.78 is 0. The van der Waals surface area contributed by atoms with Crippen molar-refractivity contribution in [3.8, 4) is 0 Å². The van der Waals surface area contributed by atoms with Gasteiger partial charge in [-0.25, -0.2) is 9.97 Å². The predicted octanol–water partition coefficient (Wildman–Crippen LogP) is 2.45. The van der Waals surface area contributed by atoms with Gasteiger partial charge in [-0.1, -0.05) is 0 Å². The molecule has 0 bridgehead atoms. The molecule has 1 amide bonds. The lowest BCUT2D eigenvalue weighted by Gasteiger charge is -2.18. The largest absolute Gasteiger partial charge is 0.356 e. The summed E-state index contributed by atoms with van der Waals surface area (Å²) >= 11 is 0. The molecule has 6 nitrogen and oxygen atoms in total. The van der Waals surface area contributed by atoms with Crippen molar-refractivity contribution in [2.24, 2.45) is 0 Å². The Labute approximate surface area is 154 Å². The van der Waals surface area contributed by atoms with E-state index < -0.39 is 0 Å². The van der Waals surface area contributed by atoms with Crippen molar-refractivity contribution in [3.05, 3.63) is 30.1 Å². The van der Waals surface area contributed by atoms with Gasteiger partial charge in [-0.3, -0.25) is 4.79 Å². The molecule has 0 radical (unpaired) electrons. The molecule has 4 rings (SSSR count). The third kappa shape index (κ3) is 3.80. The molecule has 0 unspecified atom stereocenters. The van der Waals surface area contributed by atoms with E-state index >= 15 is 0 Å². The summed E-state index contributed by atoms with van der Waals surface area (Å²) in [6.07, 6.45) is 7.64. The normalized spacial score (nSPS) is 17.9. The molecule has 2 saturated heterocycles. The first kappa shape index (κ1) is 17.2. The molecule has 138 valence electrons. The summed E-state index contributed by atoms with van der Waals surface area (Å²) in [6, 6.07) is 5.73. The third-order valence-electron chi connectivity index (χ3n) is 5.42. The van der Waals surface area contributed by atoms with Gasteiger partial charge in [0, 0.05) is 30.6 Å². The van der Waals surface area contributed by atoms with Crippen LogP contribution < -0.4 is 10.2 Å². The Morgan fingerprint density at radius 3 is 2.62 bits per heavy atom. The average molecular weight is 353 g/mol. The monoisotopic (exact) mass is 353 g/mol. The van der Waals surface area contributed by atoms with E-state index in [2.05, 4.69) is 25.1 Å². The van der Waals surface area contributed by atoms with E-state index in [0.717, 1.165) is 49.3 Å². The van der Waals surface area contributed by atoms with Crippen LogP contribution in [0, 0.1) is 0 Å². The first-order valence-electron chi connectivity index (χ1n) is 9.81. The minimum atomic E-state index is -0.00968. The van der Waals surface area contributed by atoms with Gasteiger partial charge in [-0.2, -0.15) is 0 Å². The van der Waals surface area contributed by atoms with E-state index in [1.54, 1.807) is 6.33 Å². The number of nitrogens with one attached hydrogen (secondary N) is 1. The van der Waals surface area contributed by atoms with Gasteiger partial charge in [-0.15, -0.1) is 0 Å². The molecule has 0 aliphatic carbocycles. The van der Waals surface area contributed by atoms with E-state index in [9.17, 15) is 4.79 Å². The molecule has 2 aliphatic rings. The minimum Gasteiger partial charge on any atom is -0.356 e. The molecule has 1 aromatic carbocycles. The van der Waals surface area contributed by atoms with Crippen molar-refractivity contribution in [3.63, 3.8) is 0 Å². The van der Waals surface area contributed by atoms with Gasteiger partial charge in [0.2, 0.25) is 0 Å². The summed E-state index contributed by atoms with van der Waals surface area (Å²) in [5.74, 6) is 0.945. The van der Waals surface area contributed by atoms with Crippen molar-refractivity contribution in [2.45, 2.75) is 32.1 Å². The fourth-order valence-electron chi connectivity index (χ4n) is 3.98. The number of amides is 1. The van der Waals surface area contributed by atoms with Crippen LogP contribution in [0.5, 0.6) is 0 Å². The lowest BCUT2D eigenvalue weighted by atomic mass is 10.1. The van der Waals surface area contributed by atoms with Crippen LogP contribution in [0.4, 0.5) is 5.82 Å². The summed E-state index contributed by atoms with van der Waals surface area (Å²) in [4.78, 5) is 26.2. The van der Waals surface area contributed by atoms with E-state index in [-0.39, 0.29) is 5.91 Å². The molecule has 2 aliphatic heterocycles. The Kier molecular flexibility index (Phi) is 5.29. The number of benzene rings is 1. The lowest BCUT2D eigenvalue weighted by molar-refractivity contribution is 0.0952. The van der Waals surface area contributed by atoms with Crippen LogP contribution in [-0.2, 0) is 0 Å². The zero-order valence-corrected chi connectivity index (χ0v) is 15.3. The number of fused-ring (bicyclic) bond motifs is 1.